The normalized spacial score (nSPS) is 27.4. The average Bonchev–Trinajstić information content (AvgIpc) is 2.86. The van der Waals surface area contributed by atoms with Crippen molar-refractivity contribution >= 4 is 11.8 Å². The summed E-state index contributed by atoms with van der Waals surface area (Å²) in [5, 5.41) is 0. The van der Waals surface area contributed by atoms with Crippen LogP contribution in [0, 0.1) is 5.92 Å². The fourth-order valence-electron chi connectivity index (χ4n) is 2.89. The fourth-order valence-corrected chi connectivity index (χ4v) is 2.89. The number of carbonyl (C=O) groups is 2. The molecule has 0 spiro atoms. The molecule has 1 heterocycles. The first kappa shape index (κ1) is 12.4. The van der Waals surface area contributed by atoms with Crippen LogP contribution < -0.4 is 11.5 Å². The van der Waals surface area contributed by atoms with Gasteiger partial charge < -0.3 is 16.4 Å². The molecule has 5 heteroatoms. The van der Waals surface area contributed by atoms with Crippen molar-refractivity contribution in [2.75, 3.05) is 13.1 Å². The number of amides is 2. The molecule has 1 aliphatic carbocycles. The van der Waals surface area contributed by atoms with Crippen LogP contribution in [-0.4, -0.2) is 35.3 Å². The third-order valence-corrected chi connectivity index (χ3v) is 4.05. The summed E-state index contributed by atoms with van der Waals surface area (Å²) < 4.78 is 0. The number of carbonyl (C=O) groups excluding carboxylic acids is 2. The van der Waals surface area contributed by atoms with Gasteiger partial charge in [0.15, 0.2) is 0 Å². The maximum Gasteiger partial charge on any atom is 0.224 e. The molecule has 1 atom stereocenters. The molecule has 17 heavy (non-hydrogen) atoms. The van der Waals surface area contributed by atoms with E-state index in [1.165, 1.54) is 0 Å². The lowest BCUT2D eigenvalue weighted by molar-refractivity contribution is -0.131. The molecule has 96 valence electrons. The number of nitrogens with zero attached hydrogens (tertiary/aromatic N) is 1. The molecule has 1 unspecified atom stereocenters. The monoisotopic (exact) mass is 239 g/mol. The van der Waals surface area contributed by atoms with Gasteiger partial charge in [-0.1, -0.05) is 12.8 Å². The SMILES string of the molecule is NC(=O)C1CCN(C(=O)CC2(N)CCCC2)C1. The van der Waals surface area contributed by atoms with E-state index in [-0.39, 0.29) is 23.3 Å². The molecule has 1 aliphatic heterocycles. The molecular formula is C12H21N3O2. The Hall–Kier alpha value is -1.10. The van der Waals surface area contributed by atoms with Gasteiger partial charge in [0, 0.05) is 25.0 Å². The van der Waals surface area contributed by atoms with Gasteiger partial charge in [-0.05, 0) is 19.3 Å². The first-order valence-corrected chi connectivity index (χ1v) is 6.36. The molecule has 0 aromatic rings. The molecule has 0 aromatic carbocycles. The fraction of sp³-hybridized carbons (Fsp3) is 0.833. The largest absolute Gasteiger partial charge is 0.369 e. The molecule has 0 aromatic heterocycles. The van der Waals surface area contributed by atoms with E-state index in [1.54, 1.807) is 4.90 Å². The zero-order valence-electron chi connectivity index (χ0n) is 10.2. The van der Waals surface area contributed by atoms with E-state index in [0.717, 1.165) is 25.7 Å². The lowest BCUT2D eigenvalue weighted by Gasteiger charge is -2.26. The van der Waals surface area contributed by atoms with Crippen molar-refractivity contribution in [1.82, 2.24) is 4.90 Å². The molecule has 0 radical (unpaired) electrons. The Morgan fingerprint density at radius 1 is 1.29 bits per heavy atom. The van der Waals surface area contributed by atoms with Crippen LogP contribution in [0.2, 0.25) is 0 Å². The van der Waals surface area contributed by atoms with Gasteiger partial charge in [-0.15, -0.1) is 0 Å². The minimum atomic E-state index is -0.304. The average molecular weight is 239 g/mol. The number of likely N-dealkylation sites (tertiary alicyclic amines) is 1. The molecular weight excluding hydrogens is 218 g/mol. The van der Waals surface area contributed by atoms with Gasteiger partial charge in [-0.2, -0.15) is 0 Å². The number of rotatable bonds is 3. The van der Waals surface area contributed by atoms with E-state index in [0.29, 0.717) is 25.9 Å². The summed E-state index contributed by atoms with van der Waals surface area (Å²) in [7, 11) is 0. The Balaban J connectivity index is 1.87. The topological polar surface area (TPSA) is 89.4 Å². The zero-order chi connectivity index (χ0) is 12.5. The highest BCUT2D eigenvalue weighted by molar-refractivity contribution is 5.81. The van der Waals surface area contributed by atoms with E-state index in [9.17, 15) is 9.59 Å². The van der Waals surface area contributed by atoms with E-state index in [1.807, 2.05) is 0 Å². The zero-order valence-corrected chi connectivity index (χ0v) is 10.2. The van der Waals surface area contributed by atoms with Crippen molar-refractivity contribution in [3.8, 4) is 0 Å². The lowest BCUT2D eigenvalue weighted by atomic mass is 9.94. The highest BCUT2D eigenvalue weighted by atomic mass is 16.2. The Bertz CT molecular complexity index is 324. The van der Waals surface area contributed by atoms with Gasteiger partial charge in [-0.25, -0.2) is 0 Å². The standard InChI is InChI=1S/C12H21N3O2/c13-11(17)9-3-6-15(8-9)10(16)7-12(14)4-1-2-5-12/h9H,1-8,14H2,(H2,13,17). The van der Waals surface area contributed by atoms with Crippen molar-refractivity contribution in [2.24, 2.45) is 17.4 Å². The maximum absolute atomic E-state index is 12.1. The minimum absolute atomic E-state index is 0.0816. The van der Waals surface area contributed by atoms with Crippen molar-refractivity contribution in [3.05, 3.63) is 0 Å². The highest BCUT2D eigenvalue weighted by Gasteiger charge is 2.36. The van der Waals surface area contributed by atoms with Crippen LogP contribution in [-0.2, 0) is 9.59 Å². The van der Waals surface area contributed by atoms with Crippen molar-refractivity contribution in [3.63, 3.8) is 0 Å². The van der Waals surface area contributed by atoms with E-state index in [2.05, 4.69) is 0 Å². The van der Waals surface area contributed by atoms with Crippen LogP contribution in [0.5, 0.6) is 0 Å². The van der Waals surface area contributed by atoms with Crippen molar-refractivity contribution in [1.29, 1.82) is 0 Å². The molecule has 1 saturated heterocycles. The summed E-state index contributed by atoms with van der Waals surface area (Å²) >= 11 is 0. The summed E-state index contributed by atoms with van der Waals surface area (Å²) in [4.78, 5) is 24.8. The van der Waals surface area contributed by atoms with Crippen LogP contribution in [0.15, 0.2) is 0 Å². The third kappa shape index (κ3) is 2.77. The molecule has 0 bridgehead atoms. The van der Waals surface area contributed by atoms with Gasteiger partial charge in [0.2, 0.25) is 11.8 Å². The summed E-state index contributed by atoms with van der Waals surface area (Å²) in [6, 6.07) is 0. The summed E-state index contributed by atoms with van der Waals surface area (Å²) in [5.74, 6) is -0.391. The summed E-state index contributed by atoms with van der Waals surface area (Å²) in [5.41, 5.74) is 11.1. The van der Waals surface area contributed by atoms with Crippen LogP contribution >= 0.6 is 0 Å². The Morgan fingerprint density at radius 2 is 1.94 bits per heavy atom. The van der Waals surface area contributed by atoms with Gasteiger partial charge in [-0.3, -0.25) is 9.59 Å². The van der Waals surface area contributed by atoms with Crippen LogP contribution in [0.1, 0.15) is 38.5 Å². The van der Waals surface area contributed by atoms with E-state index < -0.39 is 0 Å². The van der Waals surface area contributed by atoms with Crippen LogP contribution in [0.25, 0.3) is 0 Å². The minimum Gasteiger partial charge on any atom is -0.369 e. The first-order chi connectivity index (χ1) is 8.00. The van der Waals surface area contributed by atoms with Gasteiger partial charge >= 0.3 is 0 Å². The Morgan fingerprint density at radius 3 is 2.47 bits per heavy atom. The van der Waals surface area contributed by atoms with E-state index in [4.69, 9.17) is 11.5 Å². The highest BCUT2D eigenvalue weighted by Crippen LogP contribution is 2.31. The van der Waals surface area contributed by atoms with Crippen molar-refractivity contribution < 1.29 is 9.59 Å². The second kappa shape index (κ2) is 4.64. The van der Waals surface area contributed by atoms with Crippen LogP contribution in [0.3, 0.4) is 0 Å². The third-order valence-electron chi connectivity index (χ3n) is 4.05. The molecule has 5 nitrogen and oxygen atoms in total. The molecule has 4 N–H and O–H groups in total. The Labute approximate surface area is 102 Å². The molecule has 2 rings (SSSR count). The summed E-state index contributed by atoms with van der Waals surface area (Å²) in [6.07, 6.45) is 5.22. The first-order valence-electron chi connectivity index (χ1n) is 6.36. The lowest BCUT2D eigenvalue weighted by Crippen LogP contribution is -2.43. The molecule has 2 amide bonds. The van der Waals surface area contributed by atoms with Gasteiger partial charge in [0.25, 0.3) is 0 Å². The maximum atomic E-state index is 12.1. The Kier molecular flexibility index (Phi) is 3.38. The number of hydrogen-bond acceptors (Lipinski definition) is 3. The smallest absolute Gasteiger partial charge is 0.224 e. The van der Waals surface area contributed by atoms with Gasteiger partial charge in [0.1, 0.15) is 0 Å². The molecule has 2 fully saturated rings. The second-order valence-electron chi connectivity index (χ2n) is 5.47. The molecule has 2 aliphatic rings. The second-order valence-corrected chi connectivity index (χ2v) is 5.47. The van der Waals surface area contributed by atoms with Crippen LogP contribution in [0.4, 0.5) is 0 Å². The summed E-state index contributed by atoms with van der Waals surface area (Å²) in [6.45, 7) is 1.12. The predicted octanol–water partition coefficient (Wildman–Crippen LogP) is -0.0182. The number of hydrogen-bond donors (Lipinski definition) is 2. The number of nitrogens with two attached hydrogens (primary N) is 2. The van der Waals surface area contributed by atoms with E-state index >= 15 is 0 Å². The molecule has 1 saturated carbocycles. The quantitative estimate of drug-likeness (QED) is 0.725. The van der Waals surface area contributed by atoms with Crippen molar-refractivity contribution in [2.45, 2.75) is 44.1 Å². The van der Waals surface area contributed by atoms with Gasteiger partial charge in [0.05, 0.1) is 5.92 Å². The predicted molar refractivity (Wildman–Crippen MR) is 63.9 cm³/mol. The number of primary amides is 1.